The van der Waals surface area contributed by atoms with E-state index < -0.39 is 0 Å². The third-order valence-corrected chi connectivity index (χ3v) is 6.83. The molecule has 1 aromatic heterocycles. The van der Waals surface area contributed by atoms with Crippen LogP contribution in [0.25, 0.3) is 10.2 Å². The summed E-state index contributed by atoms with van der Waals surface area (Å²) < 4.78 is 7.89. The second-order valence-corrected chi connectivity index (χ2v) is 8.97. The fourth-order valence-corrected chi connectivity index (χ4v) is 5.25. The number of aryl methyl sites for hydroxylation is 1. The Balaban J connectivity index is 1.68. The first-order valence-corrected chi connectivity index (χ1v) is 12.2. The zero-order chi connectivity index (χ0) is 21.5. The van der Waals surface area contributed by atoms with Gasteiger partial charge in [-0.05, 0) is 51.3 Å². The maximum Gasteiger partial charge on any atom is 0.338 e. The minimum Gasteiger partial charge on any atom is -0.462 e. The van der Waals surface area contributed by atoms with Gasteiger partial charge in [-0.2, -0.15) is 4.99 Å². The monoisotopic (exact) mass is 449 g/mol. The van der Waals surface area contributed by atoms with Crippen LogP contribution in [0.5, 0.6) is 0 Å². The molecule has 0 atom stereocenters. The molecule has 9 heteroatoms. The van der Waals surface area contributed by atoms with Crippen LogP contribution in [0.4, 0.5) is 0 Å². The Morgan fingerprint density at radius 3 is 2.60 bits per heavy atom. The van der Waals surface area contributed by atoms with Gasteiger partial charge in [-0.25, -0.2) is 4.79 Å². The quantitative estimate of drug-likeness (QED) is 0.607. The van der Waals surface area contributed by atoms with Crippen LogP contribution in [0, 0.1) is 0 Å². The minimum absolute atomic E-state index is 0.101. The lowest BCUT2D eigenvalue weighted by Gasteiger charge is -2.26. The Morgan fingerprint density at radius 1 is 1.13 bits per heavy atom. The van der Waals surface area contributed by atoms with Crippen LogP contribution in [0.1, 0.15) is 43.5 Å². The van der Waals surface area contributed by atoms with E-state index in [1.54, 1.807) is 19.1 Å². The van der Waals surface area contributed by atoms with Crippen LogP contribution in [0.2, 0.25) is 0 Å². The number of hydrogen-bond acceptors (Lipinski definition) is 6. The molecule has 0 bridgehead atoms. The number of hydrogen-bond donors (Lipinski definition) is 0. The molecule has 1 aliphatic heterocycles. The molecule has 0 spiro atoms. The summed E-state index contributed by atoms with van der Waals surface area (Å²) in [6.07, 6.45) is 3.30. The number of amides is 2. The molecule has 0 N–H and O–H groups in total. The smallest absolute Gasteiger partial charge is 0.338 e. The summed E-state index contributed by atoms with van der Waals surface area (Å²) in [5.41, 5.74) is 1.41. The highest BCUT2D eigenvalue weighted by atomic mass is 32.2. The number of likely N-dealkylation sites (tertiary alicyclic amines) is 1. The maximum absolute atomic E-state index is 12.4. The number of nitrogens with zero attached hydrogens (tertiary/aromatic N) is 3. The summed E-state index contributed by atoms with van der Waals surface area (Å²) >= 11 is 2.69. The van der Waals surface area contributed by atoms with E-state index >= 15 is 0 Å². The SMILES string of the molecule is CCOC(=O)c1ccc2c(c1)sc(=NC(=O)CSCC(=O)N1CCCCC1)n2CC. The summed E-state index contributed by atoms with van der Waals surface area (Å²) in [5, 5.41) is 0. The molecular formula is C21H27N3O4S2. The van der Waals surface area contributed by atoms with E-state index in [0.29, 0.717) is 29.3 Å². The number of ether oxygens (including phenoxy) is 1. The second-order valence-electron chi connectivity index (χ2n) is 6.97. The van der Waals surface area contributed by atoms with E-state index in [0.717, 1.165) is 36.1 Å². The summed E-state index contributed by atoms with van der Waals surface area (Å²) in [7, 11) is 0. The van der Waals surface area contributed by atoms with E-state index in [9.17, 15) is 14.4 Å². The van der Waals surface area contributed by atoms with Gasteiger partial charge in [0.25, 0.3) is 5.91 Å². The number of benzene rings is 1. The maximum atomic E-state index is 12.4. The highest BCUT2D eigenvalue weighted by molar-refractivity contribution is 8.00. The Kier molecular flexibility index (Phi) is 8.09. The molecule has 2 aromatic rings. The molecule has 2 heterocycles. The van der Waals surface area contributed by atoms with Gasteiger partial charge >= 0.3 is 5.97 Å². The molecule has 0 unspecified atom stereocenters. The summed E-state index contributed by atoms with van der Waals surface area (Å²) in [6, 6.07) is 5.36. The Morgan fingerprint density at radius 2 is 1.90 bits per heavy atom. The van der Waals surface area contributed by atoms with Crippen LogP contribution in [-0.2, 0) is 20.9 Å². The first-order chi connectivity index (χ1) is 14.5. The summed E-state index contributed by atoms with van der Waals surface area (Å²) in [4.78, 5) is 43.3. The summed E-state index contributed by atoms with van der Waals surface area (Å²) in [6.45, 7) is 6.39. The van der Waals surface area contributed by atoms with Crippen molar-refractivity contribution in [1.82, 2.24) is 9.47 Å². The van der Waals surface area contributed by atoms with Crippen molar-refractivity contribution in [2.24, 2.45) is 4.99 Å². The fourth-order valence-electron chi connectivity index (χ4n) is 3.40. The lowest BCUT2D eigenvalue weighted by atomic mass is 10.1. The van der Waals surface area contributed by atoms with Crippen LogP contribution < -0.4 is 4.80 Å². The lowest BCUT2D eigenvalue weighted by Crippen LogP contribution is -2.36. The van der Waals surface area contributed by atoms with E-state index in [1.807, 2.05) is 22.5 Å². The van der Waals surface area contributed by atoms with Crippen molar-refractivity contribution in [3.63, 3.8) is 0 Å². The summed E-state index contributed by atoms with van der Waals surface area (Å²) in [5.74, 6) is -0.0360. The molecule has 1 saturated heterocycles. The number of esters is 1. The van der Waals surface area contributed by atoms with Crippen molar-refractivity contribution >= 4 is 51.1 Å². The van der Waals surface area contributed by atoms with Crippen LogP contribution in [0.3, 0.4) is 0 Å². The average molecular weight is 450 g/mol. The zero-order valence-electron chi connectivity index (χ0n) is 17.4. The number of thiazole rings is 1. The van der Waals surface area contributed by atoms with Crippen molar-refractivity contribution in [3.05, 3.63) is 28.6 Å². The van der Waals surface area contributed by atoms with Gasteiger partial charge in [-0.1, -0.05) is 11.3 Å². The van der Waals surface area contributed by atoms with E-state index in [4.69, 9.17) is 4.74 Å². The van der Waals surface area contributed by atoms with Crippen LogP contribution in [-0.4, -0.2) is 58.5 Å². The first-order valence-electron chi connectivity index (χ1n) is 10.3. The number of thioether (sulfide) groups is 1. The van der Waals surface area contributed by atoms with Crippen molar-refractivity contribution in [2.45, 2.75) is 39.7 Å². The fraction of sp³-hybridized carbons (Fsp3) is 0.524. The number of rotatable bonds is 7. The standard InChI is InChI=1S/C21H27N3O4S2/c1-3-24-16-9-8-15(20(27)28-4-2)12-17(16)30-21(24)22-18(25)13-29-14-19(26)23-10-6-5-7-11-23/h8-9,12H,3-7,10-11,13-14H2,1-2H3. The number of piperidine rings is 1. The van der Waals surface area contributed by atoms with Crippen molar-refractivity contribution in [2.75, 3.05) is 31.2 Å². The largest absolute Gasteiger partial charge is 0.462 e. The molecule has 7 nitrogen and oxygen atoms in total. The second kappa shape index (κ2) is 10.8. The van der Waals surface area contributed by atoms with Crippen molar-refractivity contribution < 1.29 is 19.1 Å². The molecule has 1 fully saturated rings. The molecule has 1 aromatic carbocycles. The van der Waals surface area contributed by atoms with Gasteiger partial charge in [-0.15, -0.1) is 11.8 Å². The minimum atomic E-state index is -0.361. The van der Waals surface area contributed by atoms with Gasteiger partial charge < -0.3 is 14.2 Å². The first kappa shape index (κ1) is 22.6. The third-order valence-electron chi connectivity index (χ3n) is 4.89. The Bertz CT molecular complexity index is 990. The molecule has 162 valence electrons. The van der Waals surface area contributed by atoms with Gasteiger partial charge in [0, 0.05) is 19.6 Å². The highest BCUT2D eigenvalue weighted by Crippen LogP contribution is 2.20. The van der Waals surface area contributed by atoms with Gasteiger partial charge in [-0.3, -0.25) is 9.59 Å². The van der Waals surface area contributed by atoms with Gasteiger partial charge in [0.1, 0.15) is 0 Å². The van der Waals surface area contributed by atoms with Gasteiger partial charge in [0.2, 0.25) is 5.91 Å². The average Bonchev–Trinajstić information content (AvgIpc) is 3.10. The van der Waals surface area contributed by atoms with Crippen LogP contribution >= 0.6 is 23.1 Å². The number of aromatic nitrogens is 1. The third kappa shape index (κ3) is 5.51. The van der Waals surface area contributed by atoms with E-state index in [2.05, 4.69) is 4.99 Å². The molecular weight excluding hydrogens is 422 g/mol. The normalized spacial score (nSPS) is 14.9. The topological polar surface area (TPSA) is 81.0 Å². The van der Waals surface area contributed by atoms with Gasteiger partial charge in [0.05, 0.1) is 33.9 Å². The number of carbonyl (C=O) groups is 3. The number of carbonyl (C=O) groups excluding carboxylic acids is 3. The molecule has 2 amide bonds. The zero-order valence-corrected chi connectivity index (χ0v) is 19.0. The molecule has 1 aliphatic rings. The molecule has 0 radical (unpaired) electrons. The predicted octanol–water partition coefficient (Wildman–Crippen LogP) is 3.07. The Labute approximate surface area is 184 Å². The number of fused-ring (bicyclic) bond motifs is 1. The molecule has 3 rings (SSSR count). The van der Waals surface area contributed by atoms with Gasteiger partial charge in [0.15, 0.2) is 4.80 Å². The predicted molar refractivity (Wildman–Crippen MR) is 120 cm³/mol. The highest BCUT2D eigenvalue weighted by Gasteiger charge is 2.17. The van der Waals surface area contributed by atoms with Crippen molar-refractivity contribution in [1.29, 1.82) is 0 Å². The lowest BCUT2D eigenvalue weighted by molar-refractivity contribution is -0.129. The van der Waals surface area contributed by atoms with E-state index in [-0.39, 0.29) is 23.5 Å². The van der Waals surface area contributed by atoms with Crippen LogP contribution in [0.15, 0.2) is 23.2 Å². The molecule has 0 saturated carbocycles. The van der Waals surface area contributed by atoms with E-state index in [1.165, 1.54) is 29.5 Å². The molecule has 30 heavy (non-hydrogen) atoms. The van der Waals surface area contributed by atoms with Crippen molar-refractivity contribution in [3.8, 4) is 0 Å². The Hall–Kier alpha value is -2.13. The molecule has 0 aliphatic carbocycles.